The van der Waals surface area contributed by atoms with E-state index in [-0.39, 0.29) is 6.42 Å². The minimum atomic E-state index is -1.64. The Morgan fingerprint density at radius 2 is 1.35 bits per heavy atom. The van der Waals surface area contributed by atoms with Crippen molar-refractivity contribution in [3.05, 3.63) is 12.2 Å². The van der Waals surface area contributed by atoms with E-state index in [4.69, 9.17) is 10.2 Å². The highest BCUT2D eigenvalue weighted by Crippen LogP contribution is 2.10. The van der Waals surface area contributed by atoms with Gasteiger partial charge >= 0.3 is 5.97 Å². The molecule has 0 fully saturated rings. The molecule has 0 rings (SSSR count). The van der Waals surface area contributed by atoms with E-state index in [2.05, 4.69) is 23.8 Å². The highest BCUT2D eigenvalue weighted by molar-refractivity contribution is 5.69. The summed E-state index contributed by atoms with van der Waals surface area (Å²) in [5.74, 6) is -0.539. The van der Waals surface area contributed by atoms with Crippen LogP contribution in [-0.4, -0.2) is 40.3 Å². The molecular weight excluding hydrogens is 332 g/mol. The molecule has 0 saturated heterocycles. The van der Waals surface area contributed by atoms with Gasteiger partial charge in [-0.1, -0.05) is 70.4 Å². The molecule has 0 bridgehead atoms. The second-order valence-electron chi connectivity index (χ2n) is 6.96. The molecule has 0 heterocycles. The van der Waals surface area contributed by atoms with Gasteiger partial charge in [-0.2, -0.15) is 0 Å². The van der Waals surface area contributed by atoms with Gasteiger partial charge in [0.25, 0.3) is 0 Å². The summed E-state index contributed by atoms with van der Waals surface area (Å²) < 4.78 is 4.62. The van der Waals surface area contributed by atoms with Gasteiger partial charge in [-0.05, 0) is 32.1 Å². The predicted molar refractivity (Wildman–Crippen MR) is 105 cm³/mol. The summed E-state index contributed by atoms with van der Waals surface area (Å²) in [6.45, 7) is 1.61. The van der Waals surface area contributed by atoms with Crippen LogP contribution in [0.5, 0.6) is 0 Å². The average Bonchev–Trinajstić information content (AvgIpc) is 2.64. The lowest BCUT2D eigenvalue weighted by molar-refractivity contribution is -0.190. The van der Waals surface area contributed by atoms with Gasteiger partial charge in [-0.15, -0.1) is 0 Å². The van der Waals surface area contributed by atoms with Gasteiger partial charge < -0.3 is 20.1 Å². The van der Waals surface area contributed by atoms with Crippen molar-refractivity contribution in [1.29, 1.82) is 0 Å². The van der Waals surface area contributed by atoms with Crippen LogP contribution in [0, 0.1) is 0 Å². The number of hydrogen-bond donors (Lipinski definition) is 3. The molecule has 5 heteroatoms. The normalized spacial score (nSPS) is 13.8. The molecule has 2 unspecified atom stereocenters. The van der Waals surface area contributed by atoms with E-state index in [9.17, 15) is 9.90 Å². The zero-order valence-corrected chi connectivity index (χ0v) is 16.6. The van der Waals surface area contributed by atoms with Crippen LogP contribution < -0.4 is 0 Å². The van der Waals surface area contributed by atoms with E-state index in [0.717, 1.165) is 25.7 Å². The topological polar surface area (TPSA) is 87.0 Å². The number of aliphatic hydroxyl groups is 3. The lowest BCUT2D eigenvalue weighted by Gasteiger charge is -2.15. The number of ether oxygens (including phenoxy) is 1. The van der Waals surface area contributed by atoms with Crippen molar-refractivity contribution in [3.63, 3.8) is 0 Å². The van der Waals surface area contributed by atoms with Crippen molar-refractivity contribution in [3.8, 4) is 0 Å². The summed E-state index contributed by atoms with van der Waals surface area (Å²) in [4.78, 5) is 11.4. The number of allylic oxidation sites excluding steroid dienone is 2. The number of aliphatic hydroxyl groups excluding tert-OH is 3. The van der Waals surface area contributed by atoms with Crippen LogP contribution in [-0.2, 0) is 9.53 Å². The second-order valence-corrected chi connectivity index (χ2v) is 6.96. The van der Waals surface area contributed by atoms with Crippen molar-refractivity contribution >= 4 is 5.97 Å². The first-order valence-corrected chi connectivity index (χ1v) is 10.4. The van der Waals surface area contributed by atoms with E-state index < -0.39 is 25.0 Å². The van der Waals surface area contributed by atoms with Crippen molar-refractivity contribution in [2.45, 2.75) is 109 Å². The summed E-state index contributed by atoms with van der Waals surface area (Å²) in [6, 6.07) is 0. The maximum Gasteiger partial charge on any atom is 0.308 e. The zero-order chi connectivity index (χ0) is 19.5. The van der Waals surface area contributed by atoms with Crippen molar-refractivity contribution < 1.29 is 24.9 Å². The highest BCUT2D eigenvalue weighted by atomic mass is 16.6. The molecular formula is C21H40O5. The Morgan fingerprint density at radius 3 is 1.88 bits per heavy atom. The monoisotopic (exact) mass is 372 g/mol. The summed E-state index contributed by atoms with van der Waals surface area (Å²) in [7, 11) is 0. The molecule has 0 saturated carbocycles. The molecule has 154 valence electrons. The molecule has 0 radical (unpaired) electrons. The van der Waals surface area contributed by atoms with Gasteiger partial charge in [0.15, 0.2) is 0 Å². The fourth-order valence-corrected chi connectivity index (χ4v) is 2.70. The number of esters is 1. The molecule has 0 aliphatic heterocycles. The Hall–Kier alpha value is -0.910. The van der Waals surface area contributed by atoms with E-state index in [1.807, 2.05) is 0 Å². The summed E-state index contributed by atoms with van der Waals surface area (Å²) in [5.41, 5.74) is 0. The van der Waals surface area contributed by atoms with Crippen LogP contribution in [0.4, 0.5) is 0 Å². The molecule has 26 heavy (non-hydrogen) atoms. The Bertz CT molecular complexity index is 343. The molecule has 5 nitrogen and oxygen atoms in total. The lowest BCUT2D eigenvalue weighted by Crippen LogP contribution is -2.33. The molecule has 0 amide bonds. The third-order valence-electron chi connectivity index (χ3n) is 4.41. The minimum absolute atomic E-state index is 0.230. The van der Waals surface area contributed by atoms with Crippen LogP contribution >= 0.6 is 0 Å². The second kappa shape index (κ2) is 18.9. The summed E-state index contributed by atoms with van der Waals surface area (Å²) in [6.07, 6.45) is 17.2. The first-order chi connectivity index (χ1) is 12.6. The van der Waals surface area contributed by atoms with Gasteiger partial charge in [-0.25, -0.2) is 0 Å². The Labute approximate surface area is 159 Å². The molecule has 0 aromatic rings. The van der Waals surface area contributed by atoms with Crippen LogP contribution in [0.1, 0.15) is 96.8 Å². The number of unbranched alkanes of at least 4 members (excludes halogenated alkanes) is 11. The maximum absolute atomic E-state index is 11.4. The lowest BCUT2D eigenvalue weighted by atomic mass is 10.1. The standard InChI is InChI=1S/C21H40O5/c1-2-3-4-5-6-7-8-9-10-11-12-13-14-15-16-17-20(24)26-21(25)19(23)18-22/h9-10,19,21-23,25H,2-8,11-18H2,1H3/b10-9-. The summed E-state index contributed by atoms with van der Waals surface area (Å²) in [5, 5.41) is 27.0. The highest BCUT2D eigenvalue weighted by Gasteiger charge is 2.19. The average molecular weight is 373 g/mol. The van der Waals surface area contributed by atoms with E-state index in [1.165, 1.54) is 51.4 Å². The third-order valence-corrected chi connectivity index (χ3v) is 4.41. The van der Waals surface area contributed by atoms with Crippen molar-refractivity contribution in [2.24, 2.45) is 0 Å². The van der Waals surface area contributed by atoms with Crippen LogP contribution in [0.2, 0.25) is 0 Å². The molecule has 2 atom stereocenters. The smallest absolute Gasteiger partial charge is 0.308 e. The Kier molecular flexibility index (Phi) is 18.2. The van der Waals surface area contributed by atoms with Gasteiger partial charge in [0.05, 0.1) is 6.61 Å². The van der Waals surface area contributed by atoms with Crippen LogP contribution in [0.3, 0.4) is 0 Å². The van der Waals surface area contributed by atoms with Crippen LogP contribution in [0.15, 0.2) is 12.2 Å². The van der Waals surface area contributed by atoms with E-state index >= 15 is 0 Å². The first kappa shape index (κ1) is 25.1. The molecule has 0 aliphatic rings. The van der Waals surface area contributed by atoms with E-state index in [0.29, 0.717) is 6.42 Å². The largest absolute Gasteiger partial charge is 0.433 e. The number of carbonyl (C=O) groups excluding carboxylic acids is 1. The third kappa shape index (κ3) is 16.6. The zero-order valence-electron chi connectivity index (χ0n) is 16.6. The molecule has 0 spiro atoms. The molecule has 3 N–H and O–H groups in total. The number of carbonyl (C=O) groups is 1. The van der Waals surface area contributed by atoms with Gasteiger partial charge in [-0.3, -0.25) is 4.79 Å². The maximum atomic E-state index is 11.4. The summed E-state index contributed by atoms with van der Waals surface area (Å²) >= 11 is 0. The van der Waals surface area contributed by atoms with Gasteiger partial charge in [0.2, 0.25) is 6.29 Å². The number of hydrogen-bond acceptors (Lipinski definition) is 5. The Balaban J connectivity index is 3.33. The minimum Gasteiger partial charge on any atom is -0.433 e. The van der Waals surface area contributed by atoms with Crippen LogP contribution in [0.25, 0.3) is 0 Å². The molecule has 0 aromatic heterocycles. The first-order valence-electron chi connectivity index (χ1n) is 10.4. The fourth-order valence-electron chi connectivity index (χ4n) is 2.70. The van der Waals surface area contributed by atoms with Gasteiger partial charge in [0, 0.05) is 6.42 Å². The van der Waals surface area contributed by atoms with Crippen molar-refractivity contribution in [1.82, 2.24) is 0 Å². The predicted octanol–water partition coefficient (Wildman–Crippen LogP) is 4.24. The Morgan fingerprint density at radius 1 is 0.846 bits per heavy atom. The van der Waals surface area contributed by atoms with E-state index in [1.54, 1.807) is 0 Å². The van der Waals surface area contributed by atoms with Gasteiger partial charge in [0.1, 0.15) is 6.10 Å². The quantitative estimate of drug-likeness (QED) is 0.145. The molecule has 0 aliphatic carbocycles. The fraction of sp³-hybridized carbons (Fsp3) is 0.857. The molecule has 0 aromatic carbocycles. The van der Waals surface area contributed by atoms with Crippen molar-refractivity contribution in [2.75, 3.05) is 6.61 Å². The number of rotatable bonds is 18. The SMILES string of the molecule is CCCCCCCC/C=C\CCCCCCCC(=O)OC(O)C(O)CO.